The first kappa shape index (κ1) is 21.4. The Labute approximate surface area is 184 Å². The van der Waals surface area contributed by atoms with Gasteiger partial charge in [-0.2, -0.15) is 0 Å². The van der Waals surface area contributed by atoms with Crippen LogP contribution in [-0.2, 0) is 0 Å². The molecule has 0 spiro atoms. The van der Waals surface area contributed by atoms with Crippen molar-refractivity contribution in [1.29, 1.82) is 0 Å². The predicted molar refractivity (Wildman–Crippen MR) is 122 cm³/mol. The van der Waals surface area contributed by atoms with Gasteiger partial charge < -0.3 is 15.4 Å². The van der Waals surface area contributed by atoms with Crippen LogP contribution in [0.5, 0.6) is 5.75 Å². The zero-order valence-electron chi connectivity index (χ0n) is 17.5. The first-order valence-electron chi connectivity index (χ1n) is 9.88. The van der Waals surface area contributed by atoms with Crippen molar-refractivity contribution in [3.8, 4) is 17.0 Å². The predicted octanol–water partition coefficient (Wildman–Crippen LogP) is 3.36. The summed E-state index contributed by atoms with van der Waals surface area (Å²) in [6.45, 7) is 2.56. The first-order chi connectivity index (χ1) is 14.4. The van der Waals surface area contributed by atoms with Crippen molar-refractivity contribution in [2.24, 2.45) is 11.1 Å². The van der Waals surface area contributed by atoms with Gasteiger partial charge in [-0.3, -0.25) is 4.31 Å². The topological polar surface area (TPSA) is 71.9 Å². The van der Waals surface area contributed by atoms with Crippen molar-refractivity contribution < 1.29 is 9.13 Å². The van der Waals surface area contributed by atoms with E-state index in [1.807, 2.05) is 16.5 Å². The van der Waals surface area contributed by atoms with Crippen LogP contribution >= 0.6 is 23.3 Å². The number of nitrogens with zero attached hydrogens (tertiary/aromatic N) is 5. The number of piperidine rings is 1. The molecule has 3 aromatic rings. The second-order valence-electron chi connectivity index (χ2n) is 7.84. The summed E-state index contributed by atoms with van der Waals surface area (Å²) in [6, 6.07) is 4.51. The maximum atomic E-state index is 13.6. The number of hydrogen-bond donors (Lipinski definition) is 1. The van der Waals surface area contributed by atoms with Crippen LogP contribution in [-0.4, -0.2) is 65.5 Å². The summed E-state index contributed by atoms with van der Waals surface area (Å²) in [5.41, 5.74) is 7.90. The van der Waals surface area contributed by atoms with Gasteiger partial charge in [-0.25, -0.2) is 13.9 Å². The number of ether oxygens (including phenoxy) is 1. The molecule has 1 saturated heterocycles. The molecule has 1 aromatic carbocycles. The van der Waals surface area contributed by atoms with Gasteiger partial charge in [0.2, 0.25) is 10.1 Å². The fourth-order valence-electron chi connectivity index (χ4n) is 3.72. The average molecular weight is 451 g/mol. The summed E-state index contributed by atoms with van der Waals surface area (Å²) in [5.74, 6) is 1.18. The van der Waals surface area contributed by atoms with Crippen LogP contribution in [0.3, 0.4) is 0 Å². The van der Waals surface area contributed by atoms with Gasteiger partial charge in [-0.05, 0) is 51.0 Å². The fraction of sp³-hybridized carbons (Fsp3) is 0.500. The van der Waals surface area contributed by atoms with E-state index in [2.05, 4.69) is 28.3 Å². The molecule has 10 heteroatoms. The molecule has 7 nitrogen and oxygen atoms in total. The normalized spacial score (nSPS) is 16.5. The lowest BCUT2D eigenvalue weighted by Gasteiger charge is -2.41. The number of hydrogen-bond acceptors (Lipinski definition) is 8. The fourth-order valence-corrected chi connectivity index (χ4v) is 5.58. The SMILES string of the molecule is COc1cc(F)ccc1-c1cnc2sc(N3CCC(CN)(CSN(C)C)CC3)nn12. The van der Waals surface area contributed by atoms with Crippen LogP contribution in [0.4, 0.5) is 9.52 Å². The minimum atomic E-state index is -0.334. The highest BCUT2D eigenvalue weighted by Gasteiger charge is 2.34. The summed E-state index contributed by atoms with van der Waals surface area (Å²) in [6.07, 6.45) is 3.85. The third-order valence-electron chi connectivity index (χ3n) is 5.67. The molecule has 1 fully saturated rings. The highest BCUT2D eigenvalue weighted by atomic mass is 32.2. The number of nitrogens with two attached hydrogens (primary N) is 1. The minimum Gasteiger partial charge on any atom is -0.496 e. The number of imidazole rings is 1. The molecule has 3 heterocycles. The molecule has 0 bridgehead atoms. The number of rotatable bonds is 7. The Morgan fingerprint density at radius 2 is 2.10 bits per heavy atom. The van der Waals surface area contributed by atoms with Gasteiger partial charge in [0.05, 0.1) is 19.0 Å². The second kappa shape index (κ2) is 8.70. The smallest absolute Gasteiger partial charge is 0.214 e. The number of benzene rings is 1. The summed E-state index contributed by atoms with van der Waals surface area (Å²) in [5, 5.41) is 5.77. The molecule has 0 unspecified atom stereocenters. The molecular weight excluding hydrogens is 423 g/mol. The third kappa shape index (κ3) is 4.14. The van der Waals surface area contributed by atoms with Gasteiger partial charge in [0, 0.05) is 30.5 Å². The molecule has 0 aliphatic carbocycles. The molecule has 30 heavy (non-hydrogen) atoms. The standard InChI is InChI=1S/C20H27FN6OS2/c1-25(2)29-13-20(12-22)6-8-26(9-7-20)19-24-27-16(11-23-18(27)30-19)15-5-4-14(21)10-17(15)28-3/h4-5,10-11H,6-9,12-13,22H2,1-3H3. The molecule has 1 aliphatic heterocycles. The van der Waals surface area contributed by atoms with E-state index < -0.39 is 0 Å². The second-order valence-corrected chi connectivity index (χ2v) is 10.1. The van der Waals surface area contributed by atoms with E-state index in [0.717, 1.165) is 53.0 Å². The number of fused-ring (bicyclic) bond motifs is 1. The van der Waals surface area contributed by atoms with Gasteiger partial charge in [0.15, 0.2) is 0 Å². The Hall–Kier alpha value is -1.88. The highest BCUT2D eigenvalue weighted by molar-refractivity contribution is 7.97. The van der Waals surface area contributed by atoms with Crippen molar-refractivity contribution in [3.05, 3.63) is 30.2 Å². The van der Waals surface area contributed by atoms with Crippen LogP contribution in [0.25, 0.3) is 16.2 Å². The Bertz CT molecular complexity index is 1010. The molecule has 2 aromatic heterocycles. The summed E-state index contributed by atoms with van der Waals surface area (Å²) >= 11 is 3.41. The van der Waals surface area contributed by atoms with E-state index in [1.165, 1.54) is 19.2 Å². The Kier molecular flexibility index (Phi) is 6.19. The van der Waals surface area contributed by atoms with Crippen LogP contribution < -0.4 is 15.4 Å². The third-order valence-corrected chi connectivity index (χ3v) is 7.91. The molecule has 0 amide bonds. The molecule has 0 saturated carbocycles. The summed E-state index contributed by atoms with van der Waals surface area (Å²) in [7, 11) is 5.68. The van der Waals surface area contributed by atoms with Gasteiger partial charge in [-0.15, -0.1) is 5.10 Å². The maximum Gasteiger partial charge on any atom is 0.214 e. The molecular formula is C20H27FN6OS2. The molecule has 4 rings (SSSR count). The van der Waals surface area contributed by atoms with E-state index in [-0.39, 0.29) is 11.2 Å². The Balaban J connectivity index is 1.55. The van der Waals surface area contributed by atoms with E-state index in [4.69, 9.17) is 15.6 Å². The number of halogens is 1. The lowest BCUT2D eigenvalue weighted by Crippen LogP contribution is -2.45. The Morgan fingerprint density at radius 1 is 1.33 bits per heavy atom. The van der Waals surface area contributed by atoms with Crippen molar-refractivity contribution in [2.45, 2.75) is 12.8 Å². The zero-order valence-corrected chi connectivity index (χ0v) is 19.1. The molecule has 1 aliphatic rings. The van der Waals surface area contributed by atoms with E-state index in [9.17, 15) is 4.39 Å². The van der Waals surface area contributed by atoms with Gasteiger partial charge >= 0.3 is 0 Å². The highest BCUT2D eigenvalue weighted by Crippen LogP contribution is 2.38. The van der Waals surface area contributed by atoms with Crippen molar-refractivity contribution in [3.63, 3.8) is 0 Å². The average Bonchev–Trinajstić information content (AvgIpc) is 3.34. The number of anilines is 1. The monoisotopic (exact) mass is 450 g/mol. The van der Waals surface area contributed by atoms with Crippen molar-refractivity contribution in [1.82, 2.24) is 18.9 Å². The van der Waals surface area contributed by atoms with Crippen LogP contribution in [0.1, 0.15) is 12.8 Å². The van der Waals surface area contributed by atoms with Gasteiger partial charge in [-0.1, -0.05) is 23.3 Å². The number of aromatic nitrogens is 3. The lowest BCUT2D eigenvalue weighted by atomic mass is 9.80. The largest absolute Gasteiger partial charge is 0.496 e. The van der Waals surface area contributed by atoms with Crippen LogP contribution in [0, 0.1) is 11.2 Å². The number of methoxy groups -OCH3 is 1. The van der Waals surface area contributed by atoms with E-state index in [1.54, 1.807) is 23.6 Å². The van der Waals surface area contributed by atoms with Crippen molar-refractivity contribution >= 4 is 33.4 Å². The minimum absolute atomic E-state index is 0.176. The first-order valence-corrected chi connectivity index (χ1v) is 11.6. The summed E-state index contributed by atoms with van der Waals surface area (Å²) in [4.78, 5) is 7.65. The van der Waals surface area contributed by atoms with Crippen LogP contribution in [0.2, 0.25) is 0 Å². The zero-order chi connectivity index (χ0) is 21.3. The van der Waals surface area contributed by atoms with Crippen molar-refractivity contribution in [2.75, 3.05) is 51.5 Å². The van der Waals surface area contributed by atoms with E-state index >= 15 is 0 Å². The van der Waals surface area contributed by atoms with Gasteiger partial charge in [0.1, 0.15) is 11.6 Å². The molecule has 0 radical (unpaired) electrons. The Morgan fingerprint density at radius 3 is 2.77 bits per heavy atom. The molecule has 2 N–H and O–H groups in total. The quantitative estimate of drug-likeness (QED) is 0.554. The molecule has 162 valence electrons. The maximum absolute atomic E-state index is 13.6. The molecule has 0 atom stereocenters. The van der Waals surface area contributed by atoms with Crippen LogP contribution in [0.15, 0.2) is 24.4 Å². The summed E-state index contributed by atoms with van der Waals surface area (Å²) < 4.78 is 22.9. The lowest BCUT2D eigenvalue weighted by molar-refractivity contribution is 0.264. The van der Waals surface area contributed by atoms with E-state index in [0.29, 0.717) is 12.3 Å². The van der Waals surface area contributed by atoms with Gasteiger partial charge in [0.25, 0.3) is 0 Å².